The van der Waals surface area contributed by atoms with E-state index >= 15 is 0 Å². The van der Waals surface area contributed by atoms with Gasteiger partial charge in [-0.15, -0.1) is 0 Å². The highest BCUT2D eigenvalue weighted by atomic mass is 16.7. The number of amides is 2. The van der Waals surface area contributed by atoms with E-state index in [1.165, 1.54) is 36.4 Å². The molecule has 9 nitrogen and oxygen atoms in total. The molecule has 0 spiro atoms. The van der Waals surface area contributed by atoms with Crippen LogP contribution in [0.5, 0.6) is 17.2 Å². The number of hydrogen-bond donors (Lipinski definition) is 3. The van der Waals surface area contributed by atoms with E-state index in [1.54, 1.807) is 50.2 Å². The lowest BCUT2D eigenvalue weighted by atomic mass is 10.2. The Hall–Kier alpha value is -4.53. The maximum Gasteiger partial charge on any atom is 0.513 e. The zero-order valence-electron chi connectivity index (χ0n) is 18.6. The summed E-state index contributed by atoms with van der Waals surface area (Å²) < 4.78 is 15.2. The number of phenols is 1. The number of benzene rings is 3. The van der Waals surface area contributed by atoms with Gasteiger partial charge < -0.3 is 30.0 Å². The molecule has 0 aliphatic rings. The fourth-order valence-electron chi connectivity index (χ4n) is 2.82. The molecule has 1 unspecified atom stereocenters. The highest BCUT2D eigenvalue weighted by Gasteiger charge is 2.15. The van der Waals surface area contributed by atoms with E-state index in [2.05, 4.69) is 10.6 Å². The summed E-state index contributed by atoms with van der Waals surface area (Å²) in [5.74, 6) is 0.0386. The van der Waals surface area contributed by atoms with Gasteiger partial charge in [0.2, 0.25) is 0 Å². The summed E-state index contributed by atoms with van der Waals surface area (Å²) in [5, 5.41) is 14.8. The molecule has 0 heterocycles. The zero-order chi connectivity index (χ0) is 24.5. The first-order valence-corrected chi connectivity index (χ1v) is 10.5. The minimum atomic E-state index is -0.818. The van der Waals surface area contributed by atoms with Gasteiger partial charge in [0.15, 0.2) is 6.10 Å². The second-order valence-electron chi connectivity index (χ2n) is 7.09. The van der Waals surface area contributed by atoms with Crippen LogP contribution in [0, 0.1) is 0 Å². The van der Waals surface area contributed by atoms with Crippen molar-refractivity contribution in [2.75, 3.05) is 17.2 Å². The molecule has 0 aromatic heterocycles. The van der Waals surface area contributed by atoms with Crippen LogP contribution < -0.4 is 20.1 Å². The van der Waals surface area contributed by atoms with Gasteiger partial charge in [0.1, 0.15) is 17.2 Å². The molecule has 3 rings (SSSR count). The molecule has 0 aliphatic heterocycles. The van der Waals surface area contributed by atoms with Gasteiger partial charge in [-0.1, -0.05) is 6.07 Å². The largest absolute Gasteiger partial charge is 0.513 e. The van der Waals surface area contributed by atoms with E-state index in [1.807, 2.05) is 0 Å². The summed E-state index contributed by atoms with van der Waals surface area (Å²) in [7, 11) is 0. The van der Waals surface area contributed by atoms with E-state index in [0.717, 1.165) is 0 Å². The third-order valence-electron chi connectivity index (χ3n) is 4.49. The van der Waals surface area contributed by atoms with Crippen molar-refractivity contribution in [3.63, 3.8) is 0 Å². The van der Waals surface area contributed by atoms with Gasteiger partial charge in [-0.25, -0.2) is 4.79 Å². The second-order valence-corrected chi connectivity index (χ2v) is 7.09. The fourth-order valence-corrected chi connectivity index (χ4v) is 2.82. The highest BCUT2D eigenvalue weighted by Crippen LogP contribution is 2.20. The number of carbonyl (C=O) groups excluding carboxylic acids is 3. The molecule has 0 saturated carbocycles. The summed E-state index contributed by atoms with van der Waals surface area (Å²) in [6.45, 7) is 3.47. The zero-order valence-corrected chi connectivity index (χ0v) is 18.6. The highest BCUT2D eigenvalue weighted by molar-refractivity contribution is 6.04. The summed E-state index contributed by atoms with van der Waals surface area (Å²) in [5.41, 5.74) is 1.30. The first-order chi connectivity index (χ1) is 16.3. The first-order valence-electron chi connectivity index (χ1n) is 10.5. The van der Waals surface area contributed by atoms with E-state index in [9.17, 15) is 19.5 Å². The Morgan fingerprint density at radius 1 is 0.882 bits per heavy atom. The van der Waals surface area contributed by atoms with Crippen molar-refractivity contribution >= 4 is 29.3 Å². The van der Waals surface area contributed by atoms with Crippen LogP contribution in [0.25, 0.3) is 0 Å². The monoisotopic (exact) mass is 464 g/mol. The number of aromatic hydroxyl groups is 1. The molecule has 3 aromatic carbocycles. The van der Waals surface area contributed by atoms with Gasteiger partial charge >= 0.3 is 6.16 Å². The van der Waals surface area contributed by atoms with E-state index in [-0.39, 0.29) is 29.9 Å². The van der Waals surface area contributed by atoms with Gasteiger partial charge in [-0.3, -0.25) is 9.59 Å². The van der Waals surface area contributed by atoms with Gasteiger partial charge in [0.25, 0.3) is 11.8 Å². The van der Waals surface area contributed by atoms with Crippen molar-refractivity contribution in [1.29, 1.82) is 0 Å². The lowest BCUT2D eigenvalue weighted by Gasteiger charge is -2.15. The van der Waals surface area contributed by atoms with Crippen molar-refractivity contribution in [2.45, 2.75) is 20.0 Å². The van der Waals surface area contributed by atoms with Crippen LogP contribution in [0.1, 0.15) is 24.2 Å². The van der Waals surface area contributed by atoms with Crippen molar-refractivity contribution in [2.24, 2.45) is 0 Å². The van der Waals surface area contributed by atoms with Crippen LogP contribution in [0.2, 0.25) is 0 Å². The lowest BCUT2D eigenvalue weighted by molar-refractivity contribution is -0.122. The molecule has 3 N–H and O–H groups in total. The van der Waals surface area contributed by atoms with Crippen molar-refractivity contribution < 1.29 is 33.7 Å². The minimum absolute atomic E-state index is 0.101. The minimum Gasteiger partial charge on any atom is -0.508 e. The number of ether oxygens (including phenoxy) is 3. The van der Waals surface area contributed by atoms with Gasteiger partial charge in [0, 0.05) is 16.9 Å². The summed E-state index contributed by atoms with van der Waals surface area (Å²) in [6.07, 6.45) is -1.61. The Balaban J connectivity index is 1.57. The SMILES string of the molecule is CCOC(=O)Oc1ccc(C(=O)Nc2cccc(NC(=O)C(C)Oc3ccc(O)cc3)c2)cc1. The average molecular weight is 464 g/mol. The fraction of sp³-hybridized carbons (Fsp3) is 0.160. The van der Waals surface area contributed by atoms with Gasteiger partial charge in [0.05, 0.1) is 6.61 Å². The second kappa shape index (κ2) is 11.4. The van der Waals surface area contributed by atoms with E-state index in [4.69, 9.17) is 14.2 Å². The van der Waals surface area contributed by atoms with Crippen LogP contribution in [0.15, 0.2) is 72.8 Å². The molecule has 2 amide bonds. The number of nitrogens with one attached hydrogen (secondary N) is 2. The van der Waals surface area contributed by atoms with Crippen LogP contribution in [-0.2, 0) is 9.53 Å². The van der Waals surface area contributed by atoms with Crippen LogP contribution >= 0.6 is 0 Å². The maximum absolute atomic E-state index is 12.6. The number of phenolic OH excluding ortho intramolecular Hbond substituents is 1. The average Bonchev–Trinajstić information content (AvgIpc) is 2.81. The number of hydrogen-bond acceptors (Lipinski definition) is 7. The molecule has 3 aromatic rings. The van der Waals surface area contributed by atoms with E-state index in [0.29, 0.717) is 22.7 Å². The number of rotatable bonds is 8. The Morgan fingerprint density at radius 3 is 2.15 bits per heavy atom. The molecule has 0 fully saturated rings. The topological polar surface area (TPSA) is 123 Å². The molecule has 34 heavy (non-hydrogen) atoms. The Labute approximate surface area is 196 Å². The normalized spacial score (nSPS) is 11.1. The smallest absolute Gasteiger partial charge is 0.508 e. The molecule has 0 bridgehead atoms. The number of anilines is 2. The molecule has 0 aliphatic carbocycles. The van der Waals surface area contributed by atoms with E-state index < -0.39 is 12.3 Å². The van der Waals surface area contributed by atoms with Crippen molar-refractivity contribution in [3.8, 4) is 17.2 Å². The third-order valence-corrected chi connectivity index (χ3v) is 4.49. The Morgan fingerprint density at radius 2 is 1.50 bits per heavy atom. The molecule has 1 atom stereocenters. The predicted octanol–water partition coefficient (Wildman–Crippen LogP) is 4.59. The molecule has 9 heteroatoms. The van der Waals surface area contributed by atoms with Crippen LogP contribution in [0.4, 0.5) is 16.2 Å². The van der Waals surface area contributed by atoms with Gasteiger partial charge in [-0.2, -0.15) is 0 Å². The molecule has 176 valence electrons. The Kier molecular flexibility index (Phi) is 8.07. The lowest BCUT2D eigenvalue weighted by Crippen LogP contribution is -2.30. The predicted molar refractivity (Wildman–Crippen MR) is 125 cm³/mol. The maximum atomic E-state index is 12.6. The number of carbonyl (C=O) groups is 3. The Bertz CT molecular complexity index is 1140. The standard InChI is InChI=1S/C25H24N2O7/c1-3-32-25(31)34-22-11-7-17(8-12-22)24(30)27-19-6-4-5-18(15-19)26-23(29)16(2)33-21-13-9-20(28)10-14-21/h4-16,28H,3H2,1-2H3,(H,26,29)(H,27,30). The molecular formula is C25H24N2O7. The first kappa shape index (κ1) is 24.1. The molecule has 0 saturated heterocycles. The quantitative estimate of drug-likeness (QED) is 0.329. The van der Waals surface area contributed by atoms with Crippen molar-refractivity contribution in [1.82, 2.24) is 0 Å². The van der Waals surface area contributed by atoms with Crippen LogP contribution in [0.3, 0.4) is 0 Å². The molecular weight excluding hydrogens is 440 g/mol. The summed E-state index contributed by atoms with van der Waals surface area (Å²) in [6, 6.07) is 18.7. The summed E-state index contributed by atoms with van der Waals surface area (Å²) >= 11 is 0. The molecule has 0 radical (unpaired) electrons. The third kappa shape index (κ3) is 6.99. The van der Waals surface area contributed by atoms with Gasteiger partial charge in [-0.05, 0) is 80.6 Å². The van der Waals surface area contributed by atoms with Crippen molar-refractivity contribution in [3.05, 3.63) is 78.4 Å². The summed E-state index contributed by atoms with van der Waals surface area (Å²) in [4.78, 5) is 36.4. The van der Waals surface area contributed by atoms with Crippen LogP contribution in [-0.4, -0.2) is 35.8 Å².